The zero-order valence-electron chi connectivity index (χ0n) is 14.3. The summed E-state index contributed by atoms with van der Waals surface area (Å²) in [5.41, 5.74) is 1.43. The highest BCUT2D eigenvalue weighted by Gasteiger charge is 2.24. The largest absolute Gasteiger partial charge is 0.376 e. The lowest BCUT2D eigenvalue weighted by atomic mass is 10.2. The number of hydrogen-bond acceptors (Lipinski definition) is 6. The molecule has 1 aliphatic heterocycles. The molecule has 7 nitrogen and oxygen atoms in total. The van der Waals surface area contributed by atoms with Gasteiger partial charge in [0, 0.05) is 44.5 Å². The van der Waals surface area contributed by atoms with Gasteiger partial charge in [-0.25, -0.2) is 0 Å². The number of nitrogens with one attached hydrogen (secondary N) is 1. The van der Waals surface area contributed by atoms with Gasteiger partial charge in [-0.15, -0.1) is 17.9 Å². The summed E-state index contributed by atoms with van der Waals surface area (Å²) in [6.07, 6.45) is 1.66. The summed E-state index contributed by atoms with van der Waals surface area (Å²) in [5, 5.41) is 16.1. The van der Waals surface area contributed by atoms with Gasteiger partial charge in [-0.05, 0) is 23.6 Å². The molecule has 1 N–H and O–H groups in total. The van der Waals surface area contributed by atoms with Crippen molar-refractivity contribution in [3.63, 3.8) is 0 Å². The third-order valence-corrected chi connectivity index (χ3v) is 5.14. The number of benzene rings is 1. The highest BCUT2D eigenvalue weighted by Crippen LogP contribution is 2.30. The van der Waals surface area contributed by atoms with Crippen LogP contribution in [0.15, 0.2) is 48.4 Å². The summed E-state index contributed by atoms with van der Waals surface area (Å²) in [6, 6.07) is 8.78. The predicted octanol–water partition coefficient (Wildman–Crippen LogP) is 3.22. The fraction of sp³-hybridized carbons (Fsp3) is 0.278. The Kier molecular flexibility index (Phi) is 5.52. The van der Waals surface area contributed by atoms with Gasteiger partial charge in [-0.3, -0.25) is 14.9 Å². The number of nitrogens with zero attached hydrogens (tertiary/aromatic N) is 3. The summed E-state index contributed by atoms with van der Waals surface area (Å²) in [7, 11) is 0. The molecule has 1 aromatic carbocycles. The number of piperazine rings is 1. The maximum absolute atomic E-state index is 12.4. The zero-order chi connectivity index (χ0) is 18.5. The third kappa shape index (κ3) is 3.85. The van der Waals surface area contributed by atoms with Gasteiger partial charge in [0.15, 0.2) is 0 Å². The first-order valence-corrected chi connectivity index (χ1v) is 9.19. The van der Waals surface area contributed by atoms with Gasteiger partial charge in [0.25, 0.3) is 11.6 Å². The molecule has 2 heterocycles. The van der Waals surface area contributed by atoms with Crippen molar-refractivity contribution in [3.8, 4) is 0 Å². The Morgan fingerprint density at radius 1 is 1.31 bits per heavy atom. The van der Waals surface area contributed by atoms with Crippen LogP contribution >= 0.6 is 11.3 Å². The first-order chi connectivity index (χ1) is 12.6. The second kappa shape index (κ2) is 8.01. The standard InChI is InChI=1S/C18H20N4O3S/c1-2-7-19-15-13-14(5-6-16(15)22(24)25)20-8-10-21(11-9-20)18(23)17-4-3-12-26-17/h2-6,12-13,19H,1,7-11H2. The van der Waals surface area contributed by atoms with Crippen molar-refractivity contribution in [1.29, 1.82) is 0 Å². The minimum absolute atomic E-state index is 0.0436. The SMILES string of the molecule is C=CCNc1cc(N2CCN(C(=O)c3cccs3)CC2)ccc1[N+](=O)[O-]. The molecule has 0 atom stereocenters. The van der Waals surface area contributed by atoms with E-state index in [2.05, 4.69) is 16.8 Å². The minimum atomic E-state index is -0.396. The van der Waals surface area contributed by atoms with Gasteiger partial charge >= 0.3 is 0 Å². The fourth-order valence-corrected chi connectivity index (χ4v) is 3.62. The van der Waals surface area contributed by atoms with Crippen LogP contribution in [-0.4, -0.2) is 48.5 Å². The molecule has 1 aliphatic rings. The van der Waals surface area contributed by atoms with E-state index in [-0.39, 0.29) is 11.6 Å². The second-order valence-corrected chi connectivity index (χ2v) is 6.83. The maximum Gasteiger partial charge on any atom is 0.292 e. The van der Waals surface area contributed by atoms with Crippen molar-refractivity contribution >= 4 is 34.3 Å². The average molecular weight is 372 g/mol. The summed E-state index contributed by atoms with van der Waals surface area (Å²) < 4.78 is 0. The molecule has 1 fully saturated rings. The predicted molar refractivity (Wildman–Crippen MR) is 104 cm³/mol. The zero-order valence-corrected chi connectivity index (χ0v) is 15.1. The smallest absolute Gasteiger partial charge is 0.292 e. The molecule has 0 saturated carbocycles. The summed E-state index contributed by atoms with van der Waals surface area (Å²) in [6.45, 7) is 6.72. The van der Waals surface area contributed by atoms with Crippen molar-refractivity contribution in [3.05, 3.63) is 63.4 Å². The Morgan fingerprint density at radius 2 is 2.08 bits per heavy atom. The number of hydrogen-bond donors (Lipinski definition) is 1. The number of amides is 1. The molecule has 0 radical (unpaired) electrons. The number of rotatable bonds is 6. The average Bonchev–Trinajstić information content (AvgIpc) is 3.20. The van der Waals surface area contributed by atoms with Crippen LogP contribution in [0.3, 0.4) is 0 Å². The van der Waals surface area contributed by atoms with E-state index in [0.29, 0.717) is 38.4 Å². The maximum atomic E-state index is 12.4. The minimum Gasteiger partial charge on any atom is -0.376 e. The second-order valence-electron chi connectivity index (χ2n) is 5.88. The number of carbonyl (C=O) groups excluding carboxylic acids is 1. The number of nitro groups is 1. The van der Waals surface area contributed by atoms with Crippen molar-refractivity contribution in [2.75, 3.05) is 42.9 Å². The van der Waals surface area contributed by atoms with Gasteiger partial charge in [0.2, 0.25) is 0 Å². The Bertz CT molecular complexity index is 799. The molecule has 0 spiro atoms. The highest BCUT2D eigenvalue weighted by molar-refractivity contribution is 7.12. The van der Waals surface area contributed by atoms with E-state index in [1.165, 1.54) is 17.4 Å². The number of thiophene rings is 1. The van der Waals surface area contributed by atoms with Gasteiger partial charge in [-0.2, -0.15) is 0 Å². The van der Waals surface area contributed by atoms with Crippen molar-refractivity contribution in [2.24, 2.45) is 0 Å². The van der Waals surface area contributed by atoms with E-state index in [4.69, 9.17) is 0 Å². The van der Waals surface area contributed by atoms with Crippen LogP contribution in [0, 0.1) is 10.1 Å². The summed E-state index contributed by atoms with van der Waals surface area (Å²) >= 11 is 1.45. The van der Waals surface area contributed by atoms with E-state index < -0.39 is 4.92 Å². The van der Waals surface area contributed by atoms with Crippen LogP contribution in [0.5, 0.6) is 0 Å². The Balaban J connectivity index is 1.69. The fourth-order valence-electron chi connectivity index (χ4n) is 2.93. The lowest BCUT2D eigenvalue weighted by Gasteiger charge is -2.36. The highest BCUT2D eigenvalue weighted by atomic mass is 32.1. The molecule has 1 saturated heterocycles. The monoisotopic (exact) mass is 372 g/mol. The van der Waals surface area contributed by atoms with Crippen LogP contribution in [0.4, 0.5) is 17.1 Å². The molecule has 8 heteroatoms. The summed E-state index contributed by atoms with van der Waals surface area (Å²) in [4.78, 5) is 28.0. The van der Waals surface area contributed by atoms with Crippen LogP contribution in [-0.2, 0) is 0 Å². The van der Waals surface area contributed by atoms with E-state index >= 15 is 0 Å². The molecule has 0 unspecified atom stereocenters. The van der Waals surface area contributed by atoms with Gasteiger partial charge in [0.05, 0.1) is 9.80 Å². The van der Waals surface area contributed by atoms with Crippen molar-refractivity contribution in [1.82, 2.24) is 4.90 Å². The molecular formula is C18H20N4O3S. The molecule has 2 aromatic rings. The molecule has 0 bridgehead atoms. The molecule has 0 aliphatic carbocycles. The van der Waals surface area contributed by atoms with E-state index in [0.717, 1.165) is 10.6 Å². The molecule has 26 heavy (non-hydrogen) atoms. The number of anilines is 2. The Hall–Kier alpha value is -2.87. The Labute approximate surface area is 155 Å². The summed E-state index contributed by atoms with van der Waals surface area (Å²) in [5.74, 6) is 0.0664. The lowest BCUT2D eigenvalue weighted by molar-refractivity contribution is -0.383. The molecule has 1 aromatic heterocycles. The van der Waals surface area contributed by atoms with E-state index in [1.54, 1.807) is 18.2 Å². The van der Waals surface area contributed by atoms with Gasteiger partial charge in [-0.1, -0.05) is 12.1 Å². The van der Waals surface area contributed by atoms with Crippen molar-refractivity contribution < 1.29 is 9.72 Å². The Morgan fingerprint density at radius 3 is 2.69 bits per heavy atom. The normalized spacial score (nSPS) is 14.2. The van der Waals surface area contributed by atoms with Crippen LogP contribution < -0.4 is 10.2 Å². The third-order valence-electron chi connectivity index (χ3n) is 4.28. The van der Waals surface area contributed by atoms with Gasteiger partial charge < -0.3 is 15.1 Å². The quantitative estimate of drug-likeness (QED) is 0.478. The van der Waals surface area contributed by atoms with Crippen LogP contribution in [0.2, 0.25) is 0 Å². The van der Waals surface area contributed by atoms with E-state index in [9.17, 15) is 14.9 Å². The first-order valence-electron chi connectivity index (χ1n) is 8.31. The number of carbonyl (C=O) groups is 1. The topological polar surface area (TPSA) is 78.7 Å². The lowest BCUT2D eigenvalue weighted by Crippen LogP contribution is -2.48. The molecule has 1 amide bonds. The first kappa shape index (κ1) is 17.9. The van der Waals surface area contributed by atoms with Crippen LogP contribution in [0.1, 0.15) is 9.67 Å². The molecule has 3 rings (SSSR count). The molecular weight excluding hydrogens is 352 g/mol. The van der Waals surface area contributed by atoms with Crippen LogP contribution in [0.25, 0.3) is 0 Å². The molecule has 136 valence electrons. The van der Waals surface area contributed by atoms with Gasteiger partial charge in [0.1, 0.15) is 5.69 Å². The van der Waals surface area contributed by atoms with Crippen molar-refractivity contribution in [2.45, 2.75) is 0 Å². The number of nitro benzene ring substituents is 1. The van der Waals surface area contributed by atoms with E-state index in [1.807, 2.05) is 22.4 Å².